The van der Waals surface area contributed by atoms with Crippen LogP contribution in [0.1, 0.15) is 16.9 Å². The molecule has 0 atom stereocenters. The molecule has 5 aromatic carbocycles. The number of fused-ring (bicyclic) bond motifs is 4. The molecule has 0 amide bonds. The summed E-state index contributed by atoms with van der Waals surface area (Å²) in [6.45, 7) is 0. The summed E-state index contributed by atoms with van der Waals surface area (Å²) in [6, 6.07) is 46.1. The van der Waals surface area contributed by atoms with E-state index in [1.54, 1.807) is 0 Å². The van der Waals surface area contributed by atoms with Gasteiger partial charge in [-0.2, -0.15) is 0 Å². The Balaban J connectivity index is 1.14. The number of hydrogen-bond acceptors (Lipinski definition) is 2. The highest BCUT2D eigenvalue weighted by Crippen LogP contribution is 2.41. The van der Waals surface area contributed by atoms with Gasteiger partial charge in [-0.25, -0.2) is 0 Å². The van der Waals surface area contributed by atoms with Gasteiger partial charge in [0.2, 0.25) is 0 Å². The van der Waals surface area contributed by atoms with Gasteiger partial charge in [0.15, 0.2) is 0 Å². The fourth-order valence-corrected chi connectivity index (χ4v) is 7.22. The van der Waals surface area contributed by atoms with Crippen LogP contribution in [0.3, 0.4) is 0 Å². The third kappa shape index (κ3) is 4.26. The van der Waals surface area contributed by atoms with Crippen molar-refractivity contribution in [1.82, 2.24) is 4.57 Å². The highest BCUT2D eigenvalue weighted by Gasteiger charge is 2.17. The lowest BCUT2D eigenvalue weighted by Gasteiger charge is -2.26. The number of hydrogen-bond donors (Lipinski definition) is 0. The molecule has 3 heteroatoms. The molecule has 0 spiro atoms. The van der Waals surface area contributed by atoms with Gasteiger partial charge in [0, 0.05) is 38.5 Å². The van der Waals surface area contributed by atoms with Crippen LogP contribution in [0, 0.1) is 0 Å². The Kier molecular flexibility index (Phi) is 5.82. The predicted octanol–water partition coefficient (Wildman–Crippen LogP) is 10.9. The highest BCUT2D eigenvalue weighted by molar-refractivity contribution is 7.20. The van der Waals surface area contributed by atoms with Crippen LogP contribution in [0.4, 0.5) is 17.1 Å². The van der Waals surface area contributed by atoms with E-state index in [4.69, 9.17) is 0 Å². The number of nitrogens with zero attached hydrogens (tertiary/aromatic N) is 2. The normalized spacial score (nSPS) is 12.6. The van der Waals surface area contributed by atoms with Gasteiger partial charge in [-0.05, 0) is 113 Å². The highest BCUT2D eigenvalue weighted by atomic mass is 32.1. The second kappa shape index (κ2) is 9.96. The fourth-order valence-electron chi connectivity index (χ4n) is 6.06. The zero-order valence-corrected chi connectivity index (χ0v) is 23.4. The van der Waals surface area contributed by atoms with Crippen LogP contribution < -0.4 is 4.90 Å². The molecule has 0 saturated carbocycles. The molecule has 0 saturated heterocycles. The summed E-state index contributed by atoms with van der Waals surface area (Å²) in [5.74, 6) is 0. The Labute approximate surface area is 244 Å². The predicted molar refractivity (Wildman–Crippen MR) is 176 cm³/mol. The molecule has 1 aliphatic rings. The summed E-state index contributed by atoms with van der Waals surface area (Å²) in [7, 11) is 0. The summed E-state index contributed by atoms with van der Waals surface area (Å²) in [4.78, 5) is 3.78. The fraction of sp³-hybridized carbons (Fsp3) is 0.0526. The van der Waals surface area contributed by atoms with E-state index in [0.717, 1.165) is 24.2 Å². The number of benzene rings is 5. The second-order valence-electron chi connectivity index (χ2n) is 10.6. The Morgan fingerprint density at radius 1 is 0.634 bits per heavy atom. The first-order chi connectivity index (χ1) is 20.3. The summed E-state index contributed by atoms with van der Waals surface area (Å²) >= 11 is 1.90. The topological polar surface area (TPSA) is 8.17 Å². The third-order valence-electron chi connectivity index (χ3n) is 8.11. The van der Waals surface area contributed by atoms with E-state index >= 15 is 0 Å². The van der Waals surface area contributed by atoms with Gasteiger partial charge in [-0.3, -0.25) is 0 Å². The number of aromatic nitrogens is 1. The van der Waals surface area contributed by atoms with Crippen LogP contribution in [0.2, 0.25) is 0 Å². The molecule has 0 radical (unpaired) electrons. The van der Waals surface area contributed by atoms with Crippen LogP contribution in [0.15, 0.2) is 140 Å². The SMILES string of the molecule is C1=Cc2sc3ccc(N(c4ccccc4)c4ccc(-c5ccc(-n6ccc7ccccc76)cc5)cc4)cc3c2CC1. The summed E-state index contributed by atoms with van der Waals surface area (Å²) in [6.07, 6.45) is 8.98. The molecule has 2 heterocycles. The van der Waals surface area contributed by atoms with E-state index in [9.17, 15) is 0 Å². The molecule has 2 aromatic heterocycles. The molecule has 0 fully saturated rings. The molecule has 0 unspecified atom stereocenters. The summed E-state index contributed by atoms with van der Waals surface area (Å²) < 4.78 is 3.61. The average molecular weight is 545 g/mol. The standard InChI is InChI=1S/C38H28N2S/c1-2-9-31(10-3-1)40(33-22-23-38-35(26-33)34-11-5-7-13-37(34)41-38)32-20-16-28(17-21-32)27-14-18-30(19-15-27)39-25-24-29-8-4-6-12-36(29)39/h1-4,6-10,12-26H,5,11H2. The van der Waals surface area contributed by atoms with Crippen molar-refractivity contribution in [1.29, 1.82) is 0 Å². The monoisotopic (exact) mass is 544 g/mol. The average Bonchev–Trinajstić information content (AvgIpc) is 3.64. The first-order valence-corrected chi connectivity index (χ1v) is 15.0. The van der Waals surface area contributed by atoms with Gasteiger partial charge in [0.1, 0.15) is 0 Å². The van der Waals surface area contributed by atoms with Crippen LogP contribution in [-0.4, -0.2) is 4.57 Å². The smallest absolute Gasteiger partial charge is 0.0528 e. The maximum absolute atomic E-state index is 2.38. The van der Waals surface area contributed by atoms with Crippen LogP contribution in [0.5, 0.6) is 0 Å². The Hall–Kier alpha value is -4.86. The van der Waals surface area contributed by atoms with Crippen LogP contribution >= 0.6 is 11.3 Å². The molecule has 2 nitrogen and oxygen atoms in total. The van der Waals surface area contributed by atoms with Crippen LogP contribution in [0.25, 0.3) is 43.9 Å². The third-order valence-corrected chi connectivity index (χ3v) is 9.29. The lowest BCUT2D eigenvalue weighted by atomic mass is 10.0. The van der Waals surface area contributed by atoms with Gasteiger partial charge < -0.3 is 9.47 Å². The zero-order valence-electron chi connectivity index (χ0n) is 22.6. The van der Waals surface area contributed by atoms with E-state index in [0.29, 0.717) is 0 Å². The minimum atomic E-state index is 1.12. The van der Waals surface area contributed by atoms with Crippen molar-refractivity contribution in [3.63, 3.8) is 0 Å². The van der Waals surface area contributed by atoms with Crippen molar-refractivity contribution in [2.45, 2.75) is 12.8 Å². The van der Waals surface area contributed by atoms with Crippen molar-refractivity contribution in [3.8, 4) is 16.8 Å². The number of anilines is 3. The van der Waals surface area contributed by atoms with E-state index in [-0.39, 0.29) is 0 Å². The number of rotatable bonds is 5. The van der Waals surface area contributed by atoms with Crippen molar-refractivity contribution in [3.05, 3.63) is 150 Å². The van der Waals surface area contributed by atoms with E-state index in [2.05, 4.69) is 155 Å². The van der Waals surface area contributed by atoms with Gasteiger partial charge in [0.05, 0.1) is 5.52 Å². The minimum Gasteiger partial charge on any atom is -0.317 e. The zero-order chi connectivity index (χ0) is 27.2. The first kappa shape index (κ1) is 24.0. The Bertz CT molecular complexity index is 2030. The molecule has 7 aromatic rings. The molecule has 41 heavy (non-hydrogen) atoms. The van der Waals surface area contributed by atoms with Crippen molar-refractivity contribution in [2.24, 2.45) is 0 Å². The molecular weight excluding hydrogens is 516 g/mol. The summed E-state index contributed by atoms with van der Waals surface area (Å²) in [5, 5.41) is 2.64. The summed E-state index contributed by atoms with van der Waals surface area (Å²) in [5.41, 5.74) is 9.81. The first-order valence-electron chi connectivity index (χ1n) is 14.2. The molecule has 8 rings (SSSR count). The van der Waals surface area contributed by atoms with Gasteiger partial charge >= 0.3 is 0 Å². The second-order valence-corrected chi connectivity index (χ2v) is 11.7. The van der Waals surface area contributed by atoms with E-state index in [1.165, 1.54) is 53.9 Å². The largest absolute Gasteiger partial charge is 0.317 e. The van der Waals surface area contributed by atoms with Gasteiger partial charge in [-0.15, -0.1) is 11.3 Å². The lowest BCUT2D eigenvalue weighted by molar-refractivity contribution is 1.01. The molecule has 196 valence electrons. The quantitative estimate of drug-likeness (QED) is 0.209. The van der Waals surface area contributed by atoms with Crippen molar-refractivity contribution < 1.29 is 0 Å². The van der Waals surface area contributed by atoms with E-state index < -0.39 is 0 Å². The maximum Gasteiger partial charge on any atom is 0.0528 e. The number of aryl methyl sites for hydroxylation is 1. The molecular formula is C38H28N2S. The maximum atomic E-state index is 2.38. The number of allylic oxidation sites excluding steroid dienone is 1. The lowest BCUT2D eigenvalue weighted by Crippen LogP contribution is -2.09. The molecule has 0 N–H and O–H groups in total. The van der Waals surface area contributed by atoms with Gasteiger partial charge in [-0.1, -0.05) is 66.7 Å². The molecule has 0 aliphatic heterocycles. The Morgan fingerprint density at radius 2 is 1.34 bits per heavy atom. The Morgan fingerprint density at radius 3 is 2.17 bits per heavy atom. The minimum absolute atomic E-state index is 1.12. The van der Waals surface area contributed by atoms with Crippen molar-refractivity contribution in [2.75, 3.05) is 4.90 Å². The van der Waals surface area contributed by atoms with Gasteiger partial charge in [0.25, 0.3) is 0 Å². The van der Waals surface area contributed by atoms with E-state index in [1.807, 2.05) is 11.3 Å². The van der Waals surface area contributed by atoms with Crippen molar-refractivity contribution >= 4 is 55.5 Å². The number of para-hydroxylation sites is 2. The number of thiophene rings is 1. The molecule has 0 bridgehead atoms. The van der Waals surface area contributed by atoms with Crippen LogP contribution in [-0.2, 0) is 6.42 Å². The molecule has 1 aliphatic carbocycles.